The minimum Gasteiger partial charge on any atom is -0.330 e. The fourth-order valence-corrected chi connectivity index (χ4v) is 1.79. The zero-order chi connectivity index (χ0) is 11.3. The molecule has 86 valence electrons. The third-order valence-corrected chi connectivity index (χ3v) is 2.77. The lowest BCUT2D eigenvalue weighted by Crippen LogP contribution is -2.24. The van der Waals surface area contributed by atoms with Crippen molar-refractivity contribution in [2.24, 2.45) is 0 Å². The van der Waals surface area contributed by atoms with Gasteiger partial charge in [0.15, 0.2) is 0 Å². The maximum atomic E-state index is 4.24. The van der Waals surface area contributed by atoms with Gasteiger partial charge in [-0.05, 0) is 12.8 Å². The molecule has 0 bridgehead atoms. The molecule has 1 heterocycles. The summed E-state index contributed by atoms with van der Waals surface area (Å²) < 4.78 is 2.30. The topological polar surface area (TPSA) is 29.9 Å². The van der Waals surface area contributed by atoms with Crippen molar-refractivity contribution >= 4 is 0 Å². The van der Waals surface area contributed by atoms with Gasteiger partial charge in [-0.2, -0.15) is 0 Å². The van der Waals surface area contributed by atoms with Gasteiger partial charge in [0, 0.05) is 24.8 Å². The lowest BCUT2D eigenvalue weighted by atomic mass is 10.1. The van der Waals surface area contributed by atoms with Crippen LogP contribution in [0.15, 0.2) is 12.5 Å². The third kappa shape index (κ3) is 3.34. The van der Waals surface area contributed by atoms with Crippen LogP contribution in [0.25, 0.3) is 0 Å². The van der Waals surface area contributed by atoms with Crippen LogP contribution in [-0.2, 0) is 6.54 Å². The molecule has 1 aromatic rings. The van der Waals surface area contributed by atoms with E-state index in [2.05, 4.69) is 42.6 Å². The normalized spacial score (nSPS) is 11.6. The molecule has 0 aliphatic rings. The Morgan fingerprint density at radius 3 is 2.53 bits per heavy atom. The molecule has 0 amide bonds. The van der Waals surface area contributed by atoms with E-state index < -0.39 is 0 Å². The summed E-state index contributed by atoms with van der Waals surface area (Å²) in [5, 5.41) is 3.43. The van der Waals surface area contributed by atoms with Crippen LogP contribution in [0.3, 0.4) is 0 Å². The first kappa shape index (κ1) is 12.2. The van der Waals surface area contributed by atoms with Gasteiger partial charge in [0.25, 0.3) is 0 Å². The van der Waals surface area contributed by atoms with Crippen LogP contribution in [0.1, 0.15) is 52.3 Å². The Morgan fingerprint density at radius 2 is 2.00 bits per heavy atom. The van der Waals surface area contributed by atoms with E-state index in [1.165, 1.54) is 18.5 Å². The summed E-state index contributed by atoms with van der Waals surface area (Å²) in [6.07, 6.45) is 6.26. The molecule has 0 aliphatic heterocycles. The maximum absolute atomic E-state index is 4.24. The van der Waals surface area contributed by atoms with Crippen molar-refractivity contribution in [1.29, 1.82) is 0 Å². The number of hydrogen-bond donors (Lipinski definition) is 1. The average molecular weight is 209 g/mol. The predicted molar refractivity (Wildman–Crippen MR) is 63.8 cm³/mol. The van der Waals surface area contributed by atoms with Crippen LogP contribution in [0.2, 0.25) is 0 Å². The molecule has 1 rings (SSSR count). The van der Waals surface area contributed by atoms with Crippen LogP contribution >= 0.6 is 0 Å². The minimum absolute atomic E-state index is 0.523. The Labute approximate surface area is 92.9 Å². The van der Waals surface area contributed by atoms with Crippen molar-refractivity contribution in [3.05, 3.63) is 18.2 Å². The number of imidazole rings is 1. The molecule has 3 heteroatoms. The summed E-state index contributed by atoms with van der Waals surface area (Å²) in [5.41, 5.74) is 1.29. The monoisotopic (exact) mass is 209 g/mol. The summed E-state index contributed by atoms with van der Waals surface area (Å²) >= 11 is 0. The van der Waals surface area contributed by atoms with Gasteiger partial charge < -0.3 is 9.88 Å². The highest BCUT2D eigenvalue weighted by atomic mass is 15.1. The van der Waals surface area contributed by atoms with Gasteiger partial charge in [0.2, 0.25) is 0 Å². The van der Waals surface area contributed by atoms with E-state index in [0.29, 0.717) is 12.1 Å². The standard InChI is InChI=1S/C12H23N3/c1-5-11(6-2)15-9-13-7-12(15)8-14-10(3)4/h7,9-11,14H,5-6,8H2,1-4H3. The maximum Gasteiger partial charge on any atom is 0.0951 e. The van der Waals surface area contributed by atoms with E-state index in [4.69, 9.17) is 0 Å². The van der Waals surface area contributed by atoms with E-state index >= 15 is 0 Å². The minimum atomic E-state index is 0.523. The largest absolute Gasteiger partial charge is 0.330 e. The highest BCUT2D eigenvalue weighted by Crippen LogP contribution is 2.17. The molecule has 1 N–H and O–H groups in total. The Hall–Kier alpha value is -0.830. The number of nitrogens with one attached hydrogen (secondary N) is 1. The first-order valence-electron chi connectivity index (χ1n) is 5.93. The van der Waals surface area contributed by atoms with Gasteiger partial charge >= 0.3 is 0 Å². The van der Waals surface area contributed by atoms with Crippen LogP contribution < -0.4 is 5.32 Å². The lowest BCUT2D eigenvalue weighted by molar-refractivity contribution is 0.445. The van der Waals surface area contributed by atoms with Crippen molar-refractivity contribution in [2.45, 2.75) is 59.2 Å². The Morgan fingerprint density at radius 1 is 1.33 bits per heavy atom. The molecular formula is C12H23N3. The second-order valence-electron chi connectivity index (χ2n) is 4.30. The van der Waals surface area contributed by atoms with Crippen LogP contribution in [0.5, 0.6) is 0 Å². The molecule has 3 nitrogen and oxygen atoms in total. The second-order valence-corrected chi connectivity index (χ2v) is 4.30. The summed E-state index contributed by atoms with van der Waals surface area (Å²) in [6.45, 7) is 9.70. The quantitative estimate of drug-likeness (QED) is 0.780. The number of hydrogen-bond acceptors (Lipinski definition) is 2. The number of nitrogens with zero attached hydrogens (tertiary/aromatic N) is 2. The molecule has 0 saturated carbocycles. The molecule has 0 aliphatic carbocycles. The highest BCUT2D eigenvalue weighted by Gasteiger charge is 2.10. The van der Waals surface area contributed by atoms with Crippen LogP contribution in [0, 0.1) is 0 Å². The molecule has 1 aromatic heterocycles. The van der Waals surface area contributed by atoms with Gasteiger partial charge in [0.05, 0.1) is 12.0 Å². The Bertz CT molecular complexity index is 274. The molecule has 0 aromatic carbocycles. The third-order valence-electron chi connectivity index (χ3n) is 2.77. The van der Waals surface area contributed by atoms with E-state index in [-0.39, 0.29) is 0 Å². The second kappa shape index (κ2) is 5.91. The van der Waals surface area contributed by atoms with Gasteiger partial charge in [-0.3, -0.25) is 0 Å². The average Bonchev–Trinajstić information content (AvgIpc) is 2.65. The first-order chi connectivity index (χ1) is 7.19. The zero-order valence-electron chi connectivity index (χ0n) is 10.3. The Kier molecular flexibility index (Phi) is 4.82. The first-order valence-corrected chi connectivity index (χ1v) is 5.93. The van der Waals surface area contributed by atoms with Gasteiger partial charge in [-0.15, -0.1) is 0 Å². The fourth-order valence-electron chi connectivity index (χ4n) is 1.79. The van der Waals surface area contributed by atoms with Crippen LogP contribution in [-0.4, -0.2) is 15.6 Å². The smallest absolute Gasteiger partial charge is 0.0951 e. The number of rotatable bonds is 6. The van der Waals surface area contributed by atoms with E-state index in [9.17, 15) is 0 Å². The molecule has 0 unspecified atom stereocenters. The van der Waals surface area contributed by atoms with E-state index in [1.807, 2.05) is 12.5 Å². The molecule has 0 spiro atoms. The van der Waals surface area contributed by atoms with Gasteiger partial charge in [-0.1, -0.05) is 27.7 Å². The van der Waals surface area contributed by atoms with Crippen molar-refractivity contribution in [3.63, 3.8) is 0 Å². The van der Waals surface area contributed by atoms with Crippen molar-refractivity contribution < 1.29 is 0 Å². The number of aromatic nitrogens is 2. The Balaban J connectivity index is 2.67. The zero-order valence-corrected chi connectivity index (χ0v) is 10.3. The molecule has 0 saturated heterocycles. The van der Waals surface area contributed by atoms with Crippen molar-refractivity contribution in [3.8, 4) is 0 Å². The highest BCUT2D eigenvalue weighted by molar-refractivity contribution is 5.00. The molecule has 15 heavy (non-hydrogen) atoms. The van der Waals surface area contributed by atoms with Crippen molar-refractivity contribution in [2.75, 3.05) is 0 Å². The summed E-state index contributed by atoms with van der Waals surface area (Å²) in [6, 6.07) is 1.12. The van der Waals surface area contributed by atoms with E-state index in [1.54, 1.807) is 0 Å². The van der Waals surface area contributed by atoms with Crippen molar-refractivity contribution in [1.82, 2.24) is 14.9 Å². The summed E-state index contributed by atoms with van der Waals surface area (Å²) in [4.78, 5) is 4.24. The molecule has 0 radical (unpaired) electrons. The van der Waals surface area contributed by atoms with Gasteiger partial charge in [0.1, 0.15) is 0 Å². The fraction of sp³-hybridized carbons (Fsp3) is 0.750. The summed E-state index contributed by atoms with van der Waals surface area (Å²) in [7, 11) is 0. The van der Waals surface area contributed by atoms with E-state index in [0.717, 1.165) is 6.54 Å². The molecule has 0 atom stereocenters. The predicted octanol–water partition coefficient (Wildman–Crippen LogP) is 2.74. The summed E-state index contributed by atoms with van der Waals surface area (Å²) in [5.74, 6) is 0. The molecular weight excluding hydrogens is 186 g/mol. The SMILES string of the molecule is CCC(CC)n1cncc1CNC(C)C. The molecule has 0 fully saturated rings. The van der Waals surface area contributed by atoms with Crippen LogP contribution in [0.4, 0.5) is 0 Å². The lowest BCUT2D eigenvalue weighted by Gasteiger charge is -2.18. The van der Waals surface area contributed by atoms with Gasteiger partial charge in [-0.25, -0.2) is 4.98 Å².